The lowest BCUT2D eigenvalue weighted by Crippen LogP contribution is -2.40. The standard InChI is InChI=1S/C13H26N2O2.C9H10/c1-2-9-14-11-5-7-12(8-6-11)15-10-3-4-13(16)17;1-2-6-9-7-4-3-5-8-9/h11-12,14-15H,2-10H2,1H3,(H,16,17);2-8H,1H3/b;6-2-. The van der Waals surface area contributed by atoms with Crippen molar-refractivity contribution in [2.24, 2.45) is 0 Å². The highest BCUT2D eigenvalue weighted by Crippen LogP contribution is 2.18. The van der Waals surface area contributed by atoms with Crippen LogP contribution in [0.3, 0.4) is 0 Å². The Labute approximate surface area is 159 Å². The number of benzene rings is 1. The zero-order chi connectivity index (χ0) is 19.0. The molecule has 0 aliphatic heterocycles. The first-order valence-electron chi connectivity index (χ1n) is 10.0. The molecule has 1 fully saturated rings. The van der Waals surface area contributed by atoms with E-state index < -0.39 is 5.97 Å². The second-order valence-electron chi connectivity index (χ2n) is 6.86. The third kappa shape index (κ3) is 11.1. The van der Waals surface area contributed by atoms with E-state index in [2.05, 4.69) is 35.8 Å². The van der Waals surface area contributed by atoms with Crippen LogP contribution in [0.15, 0.2) is 36.4 Å². The highest BCUT2D eigenvalue weighted by atomic mass is 16.4. The van der Waals surface area contributed by atoms with Gasteiger partial charge in [0.05, 0.1) is 0 Å². The van der Waals surface area contributed by atoms with E-state index in [0.717, 1.165) is 19.5 Å². The summed E-state index contributed by atoms with van der Waals surface area (Å²) in [6.45, 7) is 6.18. The van der Waals surface area contributed by atoms with Crippen molar-refractivity contribution in [1.82, 2.24) is 10.6 Å². The Balaban J connectivity index is 0.000000314. The molecule has 26 heavy (non-hydrogen) atoms. The van der Waals surface area contributed by atoms with Crippen LogP contribution in [0, 0.1) is 0 Å². The van der Waals surface area contributed by atoms with E-state index >= 15 is 0 Å². The second-order valence-corrected chi connectivity index (χ2v) is 6.86. The van der Waals surface area contributed by atoms with Gasteiger partial charge in [-0.05, 0) is 64.1 Å². The smallest absolute Gasteiger partial charge is 0.303 e. The largest absolute Gasteiger partial charge is 0.481 e. The average Bonchev–Trinajstić information content (AvgIpc) is 2.66. The molecule has 1 aromatic rings. The highest BCUT2D eigenvalue weighted by Gasteiger charge is 2.19. The van der Waals surface area contributed by atoms with Crippen LogP contribution in [0.25, 0.3) is 6.08 Å². The minimum Gasteiger partial charge on any atom is -0.481 e. The summed E-state index contributed by atoms with van der Waals surface area (Å²) in [5, 5.41) is 15.6. The van der Waals surface area contributed by atoms with Crippen LogP contribution < -0.4 is 10.6 Å². The normalized spacial score (nSPS) is 19.8. The van der Waals surface area contributed by atoms with E-state index in [1.165, 1.54) is 37.7 Å². The predicted molar refractivity (Wildman–Crippen MR) is 110 cm³/mol. The zero-order valence-corrected chi connectivity index (χ0v) is 16.4. The molecule has 0 saturated heterocycles. The molecule has 1 saturated carbocycles. The first-order chi connectivity index (χ1) is 12.7. The van der Waals surface area contributed by atoms with Crippen LogP contribution in [-0.4, -0.2) is 36.2 Å². The number of aliphatic carboxylic acids is 1. The summed E-state index contributed by atoms with van der Waals surface area (Å²) in [6, 6.07) is 11.6. The Morgan fingerprint density at radius 1 is 1.08 bits per heavy atom. The molecular weight excluding hydrogens is 324 g/mol. The van der Waals surface area contributed by atoms with Crippen molar-refractivity contribution < 1.29 is 9.90 Å². The number of rotatable bonds is 9. The number of allylic oxidation sites excluding steroid dienone is 1. The van der Waals surface area contributed by atoms with Gasteiger partial charge in [-0.25, -0.2) is 0 Å². The van der Waals surface area contributed by atoms with Gasteiger partial charge in [0.2, 0.25) is 0 Å². The molecule has 0 spiro atoms. The molecule has 146 valence electrons. The van der Waals surface area contributed by atoms with Gasteiger partial charge in [-0.2, -0.15) is 0 Å². The maximum atomic E-state index is 10.4. The third-order valence-electron chi connectivity index (χ3n) is 4.57. The minimum atomic E-state index is -0.695. The number of carbonyl (C=O) groups is 1. The van der Waals surface area contributed by atoms with Crippen LogP contribution in [-0.2, 0) is 4.79 Å². The lowest BCUT2D eigenvalue weighted by molar-refractivity contribution is -0.137. The maximum Gasteiger partial charge on any atom is 0.303 e. The summed E-state index contributed by atoms with van der Waals surface area (Å²) in [5.41, 5.74) is 1.26. The van der Waals surface area contributed by atoms with Gasteiger partial charge in [-0.3, -0.25) is 4.79 Å². The van der Waals surface area contributed by atoms with Crippen molar-refractivity contribution in [3.05, 3.63) is 42.0 Å². The molecule has 0 heterocycles. The van der Waals surface area contributed by atoms with Crippen molar-refractivity contribution in [3.8, 4) is 0 Å². The van der Waals surface area contributed by atoms with Crippen molar-refractivity contribution in [2.45, 2.75) is 70.9 Å². The Morgan fingerprint density at radius 3 is 2.15 bits per heavy atom. The first-order valence-corrected chi connectivity index (χ1v) is 10.0. The summed E-state index contributed by atoms with van der Waals surface area (Å²) in [7, 11) is 0. The van der Waals surface area contributed by atoms with Crippen LogP contribution >= 0.6 is 0 Å². The third-order valence-corrected chi connectivity index (χ3v) is 4.57. The van der Waals surface area contributed by atoms with Crippen molar-refractivity contribution in [1.29, 1.82) is 0 Å². The predicted octanol–water partition coefficient (Wildman–Crippen LogP) is 4.47. The Hall–Kier alpha value is -1.65. The molecule has 4 heteroatoms. The lowest BCUT2D eigenvalue weighted by atomic mass is 9.91. The van der Waals surface area contributed by atoms with Gasteiger partial charge in [-0.1, -0.05) is 49.4 Å². The molecule has 1 aromatic carbocycles. The van der Waals surface area contributed by atoms with Gasteiger partial charge in [0.1, 0.15) is 0 Å². The molecule has 2 rings (SSSR count). The van der Waals surface area contributed by atoms with Gasteiger partial charge < -0.3 is 15.7 Å². The molecular formula is C22H36N2O2. The average molecular weight is 361 g/mol. The fourth-order valence-corrected chi connectivity index (χ4v) is 3.15. The fraction of sp³-hybridized carbons (Fsp3) is 0.591. The summed E-state index contributed by atoms with van der Waals surface area (Å²) < 4.78 is 0. The summed E-state index contributed by atoms with van der Waals surface area (Å²) >= 11 is 0. The molecule has 0 unspecified atom stereocenters. The Morgan fingerprint density at radius 2 is 1.65 bits per heavy atom. The van der Waals surface area contributed by atoms with Crippen molar-refractivity contribution in [2.75, 3.05) is 13.1 Å². The van der Waals surface area contributed by atoms with E-state index in [-0.39, 0.29) is 6.42 Å². The highest BCUT2D eigenvalue weighted by molar-refractivity contribution is 5.66. The van der Waals surface area contributed by atoms with Gasteiger partial charge in [0.25, 0.3) is 0 Å². The number of nitrogens with one attached hydrogen (secondary N) is 2. The first kappa shape index (κ1) is 22.4. The quantitative estimate of drug-likeness (QED) is 0.569. The van der Waals surface area contributed by atoms with E-state index in [1.54, 1.807) is 0 Å². The minimum absolute atomic E-state index is 0.278. The fourth-order valence-electron chi connectivity index (χ4n) is 3.15. The summed E-state index contributed by atoms with van der Waals surface area (Å²) in [6.07, 6.45) is 11.3. The molecule has 0 atom stereocenters. The van der Waals surface area contributed by atoms with E-state index in [9.17, 15) is 4.79 Å². The maximum absolute atomic E-state index is 10.4. The Kier molecular flexibility index (Phi) is 12.5. The summed E-state index contributed by atoms with van der Waals surface area (Å²) in [5.74, 6) is -0.695. The topological polar surface area (TPSA) is 61.4 Å². The van der Waals surface area contributed by atoms with E-state index in [0.29, 0.717) is 12.1 Å². The van der Waals surface area contributed by atoms with Crippen LogP contribution in [0.1, 0.15) is 64.4 Å². The number of hydrogen-bond donors (Lipinski definition) is 3. The number of hydrogen-bond acceptors (Lipinski definition) is 3. The van der Waals surface area contributed by atoms with Crippen LogP contribution in [0.2, 0.25) is 0 Å². The monoisotopic (exact) mass is 360 g/mol. The zero-order valence-electron chi connectivity index (χ0n) is 16.4. The van der Waals surface area contributed by atoms with Gasteiger partial charge in [-0.15, -0.1) is 0 Å². The SMILES string of the molecule is C/C=C\c1ccccc1.CCCNC1CCC(NCCCC(=O)O)CC1. The van der Waals surface area contributed by atoms with E-state index in [1.807, 2.05) is 31.2 Å². The molecule has 0 bridgehead atoms. The summed E-state index contributed by atoms with van der Waals surface area (Å²) in [4.78, 5) is 10.4. The molecule has 0 amide bonds. The molecule has 4 nitrogen and oxygen atoms in total. The molecule has 0 radical (unpaired) electrons. The van der Waals surface area contributed by atoms with Gasteiger partial charge >= 0.3 is 5.97 Å². The van der Waals surface area contributed by atoms with Gasteiger partial charge in [0, 0.05) is 18.5 Å². The number of carboxylic acids is 1. The molecule has 3 N–H and O–H groups in total. The lowest BCUT2D eigenvalue weighted by Gasteiger charge is -2.29. The van der Waals surface area contributed by atoms with Crippen molar-refractivity contribution >= 4 is 12.0 Å². The Bertz CT molecular complexity index is 494. The van der Waals surface area contributed by atoms with Crippen LogP contribution in [0.4, 0.5) is 0 Å². The van der Waals surface area contributed by atoms with E-state index in [4.69, 9.17) is 5.11 Å². The van der Waals surface area contributed by atoms with Crippen molar-refractivity contribution in [3.63, 3.8) is 0 Å². The van der Waals surface area contributed by atoms with Crippen LogP contribution in [0.5, 0.6) is 0 Å². The molecule has 0 aromatic heterocycles. The molecule has 1 aliphatic carbocycles. The molecule has 1 aliphatic rings. The number of carboxylic acid groups (broad SMARTS) is 1. The van der Waals surface area contributed by atoms with Gasteiger partial charge in [0.15, 0.2) is 0 Å². The second kappa shape index (κ2) is 14.5.